The van der Waals surface area contributed by atoms with Gasteiger partial charge in [0.15, 0.2) is 17.7 Å². The number of halogens is 2. The molecule has 1 aromatic heterocycles. The van der Waals surface area contributed by atoms with Gasteiger partial charge in [0.2, 0.25) is 12.2 Å². The van der Waals surface area contributed by atoms with Gasteiger partial charge in [0.05, 0.1) is 17.2 Å². The summed E-state index contributed by atoms with van der Waals surface area (Å²) >= 11 is 5.89. The van der Waals surface area contributed by atoms with E-state index in [-0.39, 0.29) is 17.4 Å². The number of fused-ring (bicyclic) bond motifs is 1. The van der Waals surface area contributed by atoms with Gasteiger partial charge in [-0.3, -0.25) is 4.79 Å². The van der Waals surface area contributed by atoms with E-state index in [4.69, 9.17) is 21.1 Å². The minimum atomic E-state index is -0.857. The normalized spacial score (nSPS) is 12.0. The van der Waals surface area contributed by atoms with Crippen molar-refractivity contribution in [3.8, 4) is 17.4 Å². The van der Waals surface area contributed by atoms with Crippen molar-refractivity contribution in [2.45, 2.75) is 13.0 Å². The van der Waals surface area contributed by atoms with Gasteiger partial charge in [-0.05, 0) is 37.3 Å². The lowest BCUT2D eigenvalue weighted by Crippen LogP contribution is -2.13. The Balaban J connectivity index is 1.82. The lowest BCUT2D eigenvalue weighted by Gasteiger charge is -2.10. The molecule has 0 fully saturated rings. The molecule has 0 aliphatic heterocycles. The Morgan fingerprint density at radius 3 is 2.79 bits per heavy atom. The van der Waals surface area contributed by atoms with Crippen molar-refractivity contribution < 1.29 is 18.7 Å². The molecule has 0 aliphatic carbocycles. The van der Waals surface area contributed by atoms with E-state index in [1.807, 2.05) is 0 Å². The lowest BCUT2D eigenvalue weighted by atomic mass is 10.3. The number of benzene rings is 2. The molecule has 3 aromatic rings. The van der Waals surface area contributed by atoms with Crippen LogP contribution >= 0.6 is 11.6 Å². The summed E-state index contributed by atoms with van der Waals surface area (Å²) in [5.74, 6) is -0.273. The molecule has 3 rings (SSSR count). The molecule has 1 radical (unpaired) electrons. The summed E-state index contributed by atoms with van der Waals surface area (Å²) < 4.78 is 24.5. The molecule has 5 nitrogen and oxygen atoms in total. The minimum absolute atomic E-state index is 0.0579. The molecule has 7 heteroatoms. The van der Waals surface area contributed by atoms with E-state index in [0.717, 1.165) is 6.07 Å². The van der Waals surface area contributed by atoms with Crippen LogP contribution in [0.15, 0.2) is 42.6 Å². The molecule has 0 aliphatic rings. The second kappa shape index (κ2) is 6.80. The molecular weight excluding hydrogens is 335 g/mol. The smallest absolute Gasteiger partial charge is 0.242 e. The molecule has 0 N–H and O–H groups in total. The van der Waals surface area contributed by atoms with E-state index >= 15 is 0 Å². The number of hydrogen-bond acceptors (Lipinski definition) is 5. The second-order valence-corrected chi connectivity index (χ2v) is 5.35. The van der Waals surface area contributed by atoms with Crippen molar-refractivity contribution in [1.29, 1.82) is 0 Å². The summed E-state index contributed by atoms with van der Waals surface area (Å²) in [5, 5.41) is 0.560. The maximum atomic E-state index is 14.0. The topological polar surface area (TPSA) is 61.3 Å². The van der Waals surface area contributed by atoms with Crippen LogP contribution in [-0.2, 0) is 4.79 Å². The fourth-order valence-electron chi connectivity index (χ4n) is 1.99. The van der Waals surface area contributed by atoms with Crippen LogP contribution in [0.1, 0.15) is 6.92 Å². The van der Waals surface area contributed by atoms with E-state index in [2.05, 4.69) is 9.97 Å². The molecule has 2 aromatic carbocycles. The van der Waals surface area contributed by atoms with E-state index < -0.39 is 11.9 Å². The third-order valence-corrected chi connectivity index (χ3v) is 3.31. The maximum absolute atomic E-state index is 14.0. The van der Waals surface area contributed by atoms with Crippen LogP contribution in [0.25, 0.3) is 11.0 Å². The molecule has 1 heterocycles. The van der Waals surface area contributed by atoms with Gasteiger partial charge in [-0.15, -0.1) is 0 Å². The van der Waals surface area contributed by atoms with Crippen molar-refractivity contribution in [3.05, 3.63) is 53.4 Å². The molecule has 24 heavy (non-hydrogen) atoms. The highest BCUT2D eigenvalue weighted by Crippen LogP contribution is 2.27. The first-order valence-electron chi connectivity index (χ1n) is 6.99. The minimum Gasteiger partial charge on any atom is -0.479 e. The number of hydrogen-bond donors (Lipinski definition) is 0. The first-order chi connectivity index (χ1) is 11.5. The molecule has 0 saturated heterocycles. The summed E-state index contributed by atoms with van der Waals surface area (Å²) in [7, 11) is 0. The zero-order valence-electron chi connectivity index (χ0n) is 12.5. The molecule has 0 amide bonds. The van der Waals surface area contributed by atoms with Gasteiger partial charge in [0.1, 0.15) is 5.75 Å². The zero-order valence-corrected chi connectivity index (χ0v) is 13.2. The highest BCUT2D eigenvalue weighted by atomic mass is 35.5. The fraction of sp³-hybridized carbons (Fsp3) is 0.118. The Morgan fingerprint density at radius 1 is 1.21 bits per heavy atom. The average molecular weight is 346 g/mol. The van der Waals surface area contributed by atoms with Gasteiger partial charge in [-0.2, -0.15) is 0 Å². The Labute approximate surface area is 142 Å². The quantitative estimate of drug-likeness (QED) is 0.697. The number of rotatable bonds is 5. The molecule has 1 unspecified atom stereocenters. The molecule has 0 spiro atoms. The maximum Gasteiger partial charge on any atom is 0.242 e. The van der Waals surface area contributed by atoms with Gasteiger partial charge < -0.3 is 9.47 Å². The summed E-state index contributed by atoms with van der Waals surface area (Å²) in [4.78, 5) is 18.9. The summed E-state index contributed by atoms with van der Waals surface area (Å²) in [6.07, 6.45) is 2.18. The van der Waals surface area contributed by atoms with Crippen LogP contribution in [0.5, 0.6) is 17.4 Å². The number of carbonyl (C=O) groups excluding carboxylic acids is 1. The van der Waals surface area contributed by atoms with Crippen molar-refractivity contribution in [1.82, 2.24) is 9.97 Å². The van der Waals surface area contributed by atoms with Crippen LogP contribution in [-0.4, -0.2) is 22.4 Å². The Hall–Kier alpha value is -2.73. The predicted molar refractivity (Wildman–Crippen MR) is 86.8 cm³/mol. The predicted octanol–water partition coefficient (Wildman–Crippen LogP) is 4.09. The molecule has 121 valence electrons. The van der Waals surface area contributed by atoms with Crippen LogP contribution in [0.3, 0.4) is 0 Å². The van der Waals surface area contributed by atoms with Crippen LogP contribution in [0.2, 0.25) is 5.02 Å². The van der Waals surface area contributed by atoms with E-state index in [1.165, 1.54) is 25.3 Å². The van der Waals surface area contributed by atoms with Gasteiger partial charge in [-0.25, -0.2) is 14.4 Å². The SMILES string of the molecule is CC([C]=O)Oc1ccc(Oc2cnc3cc(Cl)ccc3n2)cc1F. The number of ether oxygens (including phenoxy) is 2. The molecular formula is C17H11ClFN2O3. The fourth-order valence-corrected chi connectivity index (χ4v) is 2.16. The van der Waals surface area contributed by atoms with Crippen molar-refractivity contribution in [3.63, 3.8) is 0 Å². The molecule has 1 atom stereocenters. The third-order valence-electron chi connectivity index (χ3n) is 3.08. The Kier molecular flexibility index (Phi) is 4.57. The van der Waals surface area contributed by atoms with Crippen molar-refractivity contribution >= 4 is 28.9 Å². The molecule has 0 saturated carbocycles. The first kappa shape index (κ1) is 16.1. The zero-order chi connectivity index (χ0) is 17.1. The third kappa shape index (κ3) is 3.60. The molecule has 0 bridgehead atoms. The number of aromatic nitrogens is 2. The number of nitrogens with zero attached hydrogens (tertiary/aromatic N) is 2. The lowest BCUT2D eigenvalue weighted by molar-refractivity contribution is 0.265. The standard InChI is InChI=1S/C17H11ClFN2O3/c1-10(9-22)23-16-5-3-12(7-13(16)19)24-17-8-20-15-6-11(18)2-4-14(15)21-17/h2-8,10H,1H3. The van der Waals surface area contributed by atoms with E-state index in [1.54, 1.807) is 24.5 Å². The highest BCUT2D eigenvalue weighted by molar-refractivity contribution is 6.31. The monoisotopic (exact) mass is 345 g/mol. The Bertz CT molecular complexity index is 904. The second-order valence-electron chi connectivity index (χ2n) is 4.91. The van der Waals surface area contributed by atoms with Gasteiger partial charge >= 0.3 is 0 Å². The van der Waals surface area contributed by atoms with E-state index in [9.17, 15) is 9.18 Å². The van der Waals surface area contributed by atoms with Gasteiger partial charge in [0, 0.05) is 11.1 Å². The summed E-state index contributed by atoms with van der Waals surface area (Å²) in [6, 6.07) is 9.10. The average Bonchev–Trinajstić information content (AvgIpc) is 2.57. The Morgan fingerprint density at radius 2 is 2.04 bits per heavy atom. The van der Waals surface area contributed by atoms with Crippen molar-refractivity contribution in [2.75, 3.05) is 0 Å². The highest BCUT2D eigenvalue weighted by Gasteiger charge is 2.11. The largest absolute Gasteiger partial charge is 0.479 e. The van der Waals surface area contributed by atoms with Gasteiger partial charge in [0.25, 0.3) is 0 Å². The van der Waals surface area contributed by atoms with E-state index in [0.29, 0.717) is 16.1 Å². The van der Waals surface area contributed by atoms with Crippen molar-refractivity contribution in [2.24, 2.45) is 0 Å². The summed E-state index contributed by atoms with van der Waals surface area (Å²) in [5.41, 5.74) is 1.23. The van der Waals surface area contributed by atoms with Gasteiger partial charge in [-0.1, -0.05) is 11.6 Å². The first-order valence-corrected chi connectivity index (χ1v) is 7.37. The van der Waals surface area contributed by atoms with Crippen LogP contribution < -0.4 is 9.47 Å². The van der Waals surface area contributed by atoms with Crippen LogP contribution in [0.4, 0.5) is 4.39 Å². The van der Waals surface area contributed by atoms with Crippen LogP contribution in [0, 0.1) is 5.82 Å². The summed E-state index contributed by atoms with van der Waals surface area (Å²) in [6.45, 7) is 1.47.